The SMILES string of the molecule is S=CC(=S)C1=[C-]CC=C1.[C-]1=CC=CC1.[Fe+2]. The van der Waals surface area contributed by atoms with E-state index in [2.05, 4.69) is 30.4 Å². The summed E-state index contributed by atoms with van der Waals surface area (Å²) in [6, 6.07) is 0. The van der Waals surface area contributed by atoms with Gasteiger partial charge < -0.3 is 0 Å². The zero-order valence-electron chi connectivity index (χ0n) is 8.05. The van der Waals surface area contributed by atoms with E-state index in [9.17, 15) is 0 Å². The number of hydrogen-bond donors (Lipinski definition) is 0. The minimum Gasteiger partial charge on any atom is -0.273 e. The van der Waals surface area contributed by atoms with Gasteiger partial charge in [-0.25, -0.2) is 12.2 Å². The Morgan fingerprint density at radius 1 is 1.33 bits per heavy atom. The number of rotatable bonds is 2. The summed E-state index contributed by atoms with van der Waals surface area (Å²) in [4.78, 5) is 0.721. The van der Waals surface area contributed by atoms with E-state index in [0.717, 1.165) is 23.3 Å². The van der Waals surface area contributed by atoms with Gasteiger partial charge in [0.05, 0.1) is 0 Å². The maximum absolute atomic E-state index is 4.90. The van der Waals surface area contributed by atoms with Crippen LogP contribution in [0.2, 0.25) is 0 Å². The molecule has 0 nitrogen and oxygen atoms in total. The molecule has 0 aromatic heterocycles. The van der Waals surface area contributed by atoms with Crippen molar-refractivity contribution in [3.8, 4) is 0 Å². The molecule has 15 heavy (non-hydrogen) atoms. The smallest absolute Gasteiger partial charge is 0.273 e. The molecule has 0 heterocycles. The van der Waals surface area contributed by atoms with Crippen LogP contribution in [0, 0.1) is 12.2 Å². The van der Waals surface area contributed by atoms with Crippen molar-refractivity contribution < 1.29 is 17.1 Å². The quantitative estimate of drug-likeness (QED) is 0.430. The summed E-state index contributed by atoms with van der Waals surface area (Å²) in [5.41, 5.74) is 0.972. The van der Waals surface area contributed by atoms with Crippen LogP contribution in [0.4, 0.5) is 0 Å². The van der Waals surface area contributed by atoms with E-state index in [1.807, 2.05) is 24.3 Å². The molecule has 3 heteroatoms. The van der Waals surface area contributed by atoms with Gasteiger partial charge in [0, 0.05) is 0 Å². The predicted molar refractivity (Wildman–Crippen MR) is 68.3 cm³/mol. The topological polar surface area (TPSA) is 0 Å². The van der Waals surface area contributed by atoms with Gasteiger partial charge in [0.1, 0.15) is 0 Å². The maximum atomic E-state index is 4.90. The van der Waals surface area contributed by atoms with Crippen LogP contribution in [0.25, 0.3) is 0 Å². The minimum atomic E-state index is 0. The Morgan fingerprint density at radius 2 is 2.13 bits per heavy atom. The van der Waals surface area contributed by atoms with E-state index >= 15 is 0 Å². The molecule has 0 N–H and O–H groups in total. The van der Waals surface area contributed by atoms with Crippen molar-refractivity contribution in [1.29, 1.82) is 0 Å². The van der Waals surface area contributed by atoms with Gasteiger partial charge in [-0.2, -0.15) is 36.0 Å². The van der Waals surface area contributed by atoms with Crippen molar-refractivity contribution in [3.63, 3.8) is 0 Å². The monoisotopic (exact) mass is 274 g/mol. The molecule has 0 bridgehead atoms. The first kappa shape index (κ1) is 14.7. The van der Waals surface area contributed by atoms with Gasteiger partial charge in [-0.1, -0.05) is 11.3 Å². The van der Waals surface area contributed by atoms with Gasteiger partial charge in [-0.3, -0.25) is 6.08 Å². The van der Waals surface area contributed by atoms with Crippen molar-refractivity contribution in [2.45, 2.75) is 12.8 Å². The van der Waals surface area contributed by atoms with Gasteiger partial charge >= 0.3 is 17.1 Å². The fraction of sp³-hybridized carbons (Fsp3) is 0.167. The number of allylic oxidation sites excluding steroid dienone is 8. The predicted octanol–water partition coefficient (Wildman–Crippen LogP) is 3.35. The van der Waals surface area contributed by atoms with Crippen molar-refractivity contribution in [2.75, 3.05) is 0 Å². The number of thiocarbonyl (C=S) groups is 2. The molecule has 2 aliphatic carbocycles. The van der Waals surface area contributed by atoms with Crippen LogP contribution in [0.3, 0.4) is 0 Å². The molecule has 0 amide bonds. The van der Waals surface area contributed by atoms with Crippen molar-refractivity contribution in [1.82, 2.24) is 0 Å². The van der Waals surface area contributed by atoms with E-state index in [-0.39, 0.29) is 17.1 Å². The second-order valence-electron chi connectivity index (χ2n) is 2.68. The first-order chi connectivity index (χ1) is 6.84. The molecule has 0 fully saturated rings. The van der Waals surface area contributed by atoms with Crippen LogP contribution in [-0.2, 0) is 17.1 Å². The zero-order valence-corrected chi connectivity index (χ0v) is 10.8. The first-order valence-corrected chi connectivity index (χ1v) is 5.21. The van der Waals surface area contributed by atoms with Crippen molar-refractivity contribution in [2.24, 2.45) is 0 Å². The molecule has 0 unspecified atom stereocenters. The molecular weight excluding hydrogens is 264 g/mol. The van der Waals surface area contributed by atoms with Crippen LogP contribution in [0.1, 0.15) is 12.8 Å². The molecule has 0 aromatic rings. The summed E-state index contributed by atoms with van der Waals surface area (Å²) in [6.07, 6.45) is 17.9. The molecular formula is C12H10FeS2. The fourth-order valence-electron chi connectivity index (χ4n) is 0.978. The summed E-state index contributed by atoms with van der Waals surface area (Å²) >= 11 is 9.55. The van der Waals surface area contributed by atoms with E-state index in [0.29, 0.717) is 0 Å². The Labute approximate surface area is 112 Å². The molecule has 0 spiro atoms. The second kappa shape index (κ2) is 8.93. The third kappa shape index (κ3) is 5.95. The van der Waals surface area contributed by atoms with Crippen LogP contribution >= 0.6 is 24.4 Å². The fourth-order valence-corrected chi connectivity index (χ4v) is 1.24. The van der Waals surface area contributed by atoms with Gasteiger partial charge in [0.2, 0.25) is 0 Å². The normalized spacial score (nSPS) is 15.1. The maximum Gasteiger partial charge on any atom is 2.00 e. The molecule has 0 atom stereocenters. The van der Waals surface area contributed by atoms with Crippen molar-refractivity contribution >= 4 is 34.7 Å². The Balaban J connectivity index is 0.000000280. The molecule has 0 saturated carbocycles. The van der Waals surface area contributed by atoms with Gasteiger partial charge in [0.25, 0.3) is 0 Å². The van der Waals surface area contributed by atoms with Crippen LogP contribution in [0.15, 0.2) is 36.0 Å². The standard InChI is InChI=1S/C7H5S2.C5H5.Fe/c8-5-7(9)6-3-1-2-4-6;1-2-4-5-3-1;/h1,3,5H,2H2;1-3H,4H2;/q2*-1;+2. The van der Waals surface area contributed by atoms with Gasteiger partial charge in [0.15, 0.2) is 0 Å². The molecule has 2 aliphatic rings. The molecule has 0 radical (unpaired) electrons. The van der Waals surface area contributed by atoms with Crippen LogP contribution < -0.4 is 0 Å². The largest absolute Gasteiger partial charge is 2.00 e. The first-order valence-electron chi connectivity index (χ1n) is 4.33. The molecule has 0 saturated heterocycles. The molecule has 0 aromatic carbocycles. The van der Waals surface area contributed by atoms with Crippen LogP contribution in [-0.4, -0.2) is 10.2 Å². The summed E-state index contributed by atoms with van der Waals surface area (Å²) in [5, 5.41) is 1.51. The second-order valence-corrected chi connectivity index (χ2v) is 3.36. The Hall–Kier alpha value is -0.341. The average molecular weight is 274 g/mol. The zero-order chi connectivity index (χ0) is 10.2. The van der Waals surface area contributed by atoms with Crippen LogP contribution in [0.5, 0.6) is 0 Å². The molecule has 0 aliphatic heterocycles. The van der Waals surface area contributed by atoms with E-state index < -0.39 is 0 Å². The average Bonchev–Trinajstić information content (AvgIpc) is 2.91. The summed E-state index contributed by atoms with van der Waals surface area (Å²) in [6.45, 7) is 0. The Bertz CT molecular complexity index is 326. The third-order valence-electron chi connectivity index (χ3n) is 1.65. The van der Waals surface area contributed by atoms with Gasteiger partial charge in [-0.05, 0) is 5.37 Å². The molecule has 78 valence electrons. The minimum absolute atomic E-state index is 0. The van der Waals surface area contributed by atoms with E-state index in [1.54, 1.807) is 0 Å². The Kier molecular flexibility index (Phi) is 8.72. The van der Waals surface area contributed by atoms with Crippen molar-refractivity contribution in [3.05, 3.63) is 48.1 Å². The number of hydrogen-bond acceptors (Lipinski definition) is 2. The summed E-state index contributed by atoms with van der Waals surface area (Å²) < 4.78 is 0. The summed E-state index contributed by atoms with van der Waals surface area (Å²) in [7, 11) is 0. The van der Waals surface area contributed by atoms with Gasteiger partial charge in [-0.15, -0.1) is 24.7 Å². The summed E-state index contributed by atoms with van der Waals surface area (Å²) in [5.74, 6) is 0. The van der Waals surface area contributed by atoms with E-state index in [4.69, 9.17) is 12.2 Å². The third-order valence-corrected chi connectivity index (χ3v) is 2.38. The molecule has 2 rings (SSSR count). The van der Waals surface area contributed by atoms with E-state index in [1.165, 1.54) is 5.37 Å². The Morgan fingerprint density at radius 3 is 2.47 bits per heavy atom.